The average Bonchev–Trinajstić information content (AvgIpc) is 1.66. The molecule has 0 saturated carbocycles. The molecule has 5 aromatic rings. The number of aromatic hydroxyl groups is 1. The van der Waals surface area contributed by atoms with Gasteiger partial charge < -0.3 is 148 Å². The van der Waals surface area contributed by atoms with E-state index in [0.717, 1.165) is 13.8 Å². The maximum atomic E-state index is 15.0. The predicted octanol–water partition coefficient (Wildman–Crippen LogP) is -6.22. The quantitative estimate of drug-likeness (QED) is 0.00745. The molecule has 1 fully saturated rings. The average molecular weight is 2100 g/mol. The predicted molar refractivity (Wildman–Crippen MR) is 538 cm³/mol. The van der Waals surface area contributed by atoms with E-state index in [1.807, 2.05) is 0 Å². The fourth-order valence-electron chi connectivity index (χ4n) is 15.3. The van der Waals surface area contributed by atoms with Crippen molar-refractivity contribution in [2.24, 2.45) is 29.0 Å². The molecule has 0 aliphatic carbocycles. The Morgan fingerprint density at radius 3 is 1.61 bits per heavy atom. The zero-order valence-corrected chi connectivity index (χ0v) is 84.6. The van der Waals surface area contributed by atoms with Gasteiger partial charge in [0.25, 0.3) is 0 Å². The van der Waals surface area contributed by atoms with Gasteiger partial charge in [-0.15, -0.1) is 0 Å². The molecule has 1 saturated heterocycles. The van der Waals surface area contributed by atoms with Gasteiger partial charge >= 0.3 is 11.9 Å². The minimum Gasteiger partial charge on any atom is -0.508 e. The van der Waals surface area contributed by atoms with E-state index >= 15 is 0 Å². The fraction of sp³-hybridized carbons (Fsp3) is 0.527. The molecule has 800 valence electrons. The van der Waals surface area contributed by atoms with Crippen LogP contribution in [0.15, 0.2) is 97.6 Å². The number of aromatic nitrogens is 3. The molecule has 18 amide bonds. The lowest BCUT2D eigenvalue weighted by atomic mass is 9.95. The van der Waals surface area contributed by atoms with Crippen LogP contribution in [-0.2, 0) is 122 Å². The van der Waals surface area contributed by atoms with Crippen molar-refractivity contribution in [1.82, 2.24) is 110 Å². The molecule has 3 heterocycles. The summed E-state index contributed by atoms with van der Waals surface area (Å²) >= 11 is 9.90. The summed E-state index contributed by atoms with van der Waals surface area (Å²) in [5.74, 6) is -23.0. The summed E-state index contributed by atoms with van der Waals surface area (Å²) in [5, 5.41) is 101. The van der Waals surface area contributed by atoms with E-state index in [-0.39, 0.29) is 88.3 Å². The number of carbonyl (C=O) groups is 20. The second kappa shape index (κ2) is 60.5. The van der Waals surface area contributed by atoms with Gasteiger partial charge in [0.05, 0.1) is 38.0 Å². The van der Waals surface area contributed by atoms with Gasteiger partial charge in [-0.05, 0) is 124 Å². The largest absolute Gasteiger partial charge is 0.508 e. The van der Waals surface area contributed by atoms with Gasteiger partial charge in [-0.1, -0.05) is 94.8 Å². The van der Waals surface area contributed by atoms with Crippen molar-refractivity contribution in [1.29, 1.82) is 5.41 Å². The van der Waals surface area contributed by atoms with E-state index in [4.69, 9.17) is 22.6 Å². The highest BCUT2D eigenvalue weighted by Crippen LogP contribution is 2.24. The number of carboxylic acid groups (broad SMARTS) is 2. The summed E-state index contributed by atoms with van der Waals surface area (Å²) in [7, 11) is 0. The van der Waals surface area contributed by atoms with Crippen LogP contribution in [0.1, 0.15) is 135 Å². The molecule has 6 rings (SSSR count). The Balaban J connectivity index is 1.08. The van der Waals surface area contributed by atoms with Gasteiger partial charge in [0.1, 0.15) is 102 Å². The van der Waals surface area contributed by atoms with Crippen LogP contribution in [-0.4, -0.2) is 328 Å². The summed E-state index contributed by atoms with van der Waals surface area (Å²) in [5.41, 5.74) is 19.4. The number of aliphatic carboxylic acids is 2. The highest BCUT2D eigenvalue weighted by atomic mass is 32.2. The van der Waals surface area contributed by atoms with Crippen molar-refractivity contribution in [2.75, 3.05) is 49.8 Å². The number of hydrogen-bond acceptors (Lipinski definition) is 29. The molecule has 0 radical (unpaired) electrons. The third-order valence-electron chi connectivity index (χ3n) is 23.6. The summed E-state index contributed by atoms with van der Waals surface area (Å²) in [4.78, 5) is 288. The standard InChI is InChI=1S/C93H135N25O25S3/c1-9-47(4)74(89(139)111-63(36-53-39-100-58-21-14-13-19-56(53)58)82(132)114-68(43-144)86(136)106-60(29-32-146-8)80(130)108-64(37-54-40-98-45-102-54)83(133)112-66(92(142)143)35-52-23-25-55(121)26-24-52)116-85(135)61(33-46(2)3)107-79(129)59(27-28-73(124)125)105-72(123)41-101-78(128)67(42-119)113-77(127)49(6)103-76(126)48(5)104-81(131)62(34-51-17-11-10-12-18-51)110-90(140)75(50(7)120)117-87(137)69(44-145)115-84(134)65(38-71(95)122)109-88(138)70-22-16-31-118(70)91(141)57(94)20-15-30-99-93(96)97/h10-14,17-19,21,23-26,39-40,45-50,57,59-70,74-75,100,119-121,144-145H,9,15-16,20,22,27-38,41-44,94H2,1-8H3,(H2,95,122)(H,98,102)(H,101,128)(H,103,126)(H,104,131)(H,105,123)(H,106,136)(H,107,129)(H,108,130)(H,109,138)(H,110,140)(H,111,139)(H,112,133)(H,113,127)(H,114,132)(H,115,134)(H,116,135)(H,117,137)(H,124,125)(H,142,143)(H4,96,97,99)/t47-,48-,49-,50+,57-,59-,60-,61-,62-,63-,64-,65-,66-,67-,68-,69-,70-,74-,75-/m0/s1. The second-order valence-electron chi connectivity index (χ2n) is 35.6. The van der Waals surface area contributed by atoms with Crippen LogP contribution in [0.25, 0.3) is 10.9 Å². The number of aliphatic hydroxyl groups is 2. The Bertz CT molecular complexity index is 5340. The number of amides is 18. The Kier molecular flexibility index (Phi) is 50.0. The number of phenols is 1. The van der Waals surface area contributed by atoms with Crippen molar-refractivity contribution in [3.63, 3.8) is 0 Å². The molecule has 50 nitrogen and oxygen atoms in total. The molecule has 31 N–H and O–H groups in total. The van der Waals surface area contributed by atoms with Crippen LogP contribution < -0.4 is 108 Å². The molecule has 0 spiro atoms. The summed E-state index contributed by atoms with van der Waals surface area (Å²) < 4.78 is 0. The normalized spacial score (nSPS) is 15.9. The summed E-state index contributed by atoms with van der Waals surface area (Å²) in [6.45, 7) is 8.41. The first-order valence-corrected chi connectivity index (χ1v) is 49.9. The van der Waals surface area contributed by atoms with Crippen molar-refractivity contribution >= 4 is 172 Å². The smallest absolute Gasteiger partial charge is 0.326 e. The molecule has 146 heavy (non-hydrogen) atoms. The molecular weight excluding hydrogens is 1960 g/mol. The monoisotopic (exact) mass is 2100 g/mol. The number of aromatic amines is 2. The van der Waals surface area contributed by atoms with Crippen LogP contribution in [0.5, 0.6) is 5.75 Å². The van der Waals surface area contributed by atoms with Gasteiger partial charge in [-0.2, -0.15) is 37.0 Å². The van der Waals surface area contributed by atoms with Gasteiger partial charge in [0.15, 0.2) is 5.96 Å². The first kappa shape index (κ1) is 121. The van der Waals surface area contributed by atoms with Gasteiger partial charge in [-0.25, -0.2) is 9.78 Å². The number of guanidine groups is 1. The van der Waals surface area contributed by atoms with Crippen LogP contribution in [0.2, 0.25) is 0 Å². The van der Waals surface area contributed by atoms with Crippen molar-refractivity contribution in [2.45, 2.75) is 247 Å². The van der Waals surface area contributed by atoms with Gasteiger partial charge in [0.2, 0.25) is 106 Å². The fourth-order valence-corrected chi connectivity index (χ4v) is 16.2. The van der Waals surface area contributed by atoms with E-state index in [0.29, 0.717) is 46.1 Å². The van der Waals surface area contributed by atoms with Crippen LogP contribution in [0, 0.1) is 17.2 Å². The number of carboxylic acids is 2. The Morgan fingerprint density at radius 1 is 0.534 bits per heavy atom. The highest BCUT2D eigenvalue weighted by Gasteiger charge is 2.43. The van der Waals surface area contributed by atoms with E-state index < -0.39 is 283 Å². The topological polar surface area (TPSA) is 797 Å². The zero-order chi connectivity index (χ0) is 108. The number of rotatable bonds is 62. The lowest BCUT2D eigenvalue weighted by Gasteiger charge is -2.30. The van der Waals surface area contributed by atoms with E-state index in [9.17, 15) is 121 Å². The first-order valence-electron chi connectivity index (χ1n) is 47.2. The van der Waals surface area contributed by atoms with Crippen molar-refractivity contribution < 1.29 is 121 Å². The minimum absolute atomic E-state index is 0.0300. The van der Waals surface area contributed by atoms with Crippen molar-refractivity contribution in [3.8, 4) is 5.75 Å². The lowest BCUT2D eigenvalue weighted by molar-refractivity contribution is -0.142. The number of likely N-dealkylation sites (tertiary alicyclic amines) is 1. The number of H-pyrrole nitrogens is 2. The number of phenolic OH excluding ortho intramolecular Hbond substituents is 1. The Hall–Kier alpha value is -14.2. The third kappa shape index (κ3) is 39.4. The highest BCUT2D eigenvalue weighted by molar-refractivity contribution is 7.98. The van der Waals surface area contributed by atoms with Crippen LogP contribution >= 0.6 is 37.0 Å². The molecule has 19 atom stereocenters. The number of thiol groups is 2. The number of nitrogens with one attached hydrogen (secondary N) is 20. The van der Waals surface area contributed by atoms with Gasteiger partial charge in [-0.3, -0.25) is 96.5 Å². The number of benzene rings is 3. The number of hydrogen-bond donors (Lipinski definition) is 30. The molecular formula is C93H135N25O25S3. The van der Waals surface area contributed by atoms with E-state index in [1.165, 1.54) is 60.4 Å². The molecule has 2 aromatic heterocycles. The number of fused-ring (bicyclic) bond motifs is 1. The maximum absolute atomic E-state index is 15.0. The minimum atomic E-state index is -1.89. The number of nitrogens with zero attached hydrogens (tertiary/aromatic N) is 2. The molecule has 0 unspecified atom stereocenters. The molecule has 0 bridgehead atoms. The lowest BCUT2D eigenvalue weighted by Crippen LogP contribution is -2.62. The number of aliphatic hydroxyl groups excluding tert-OH is 2. The summed E-state index contributed by atoms with van der Waals surface area (Å²) in [6.07, 6.45) is 2.33. The number of thioether (sulfide) groups is 1. The van der Waals surface area contributed by atoms with Crippen LogP contribution in [0.4, 0.5) is 0 Å². The van der Waals surface area contributed by atoms with E-state index in [1.54, 1.807) is 94.7 Å². The summed E-state index contributed by atoms with van der Waals surface area (Å²) in [6, 6.07) is -5.44. The number of para-hydroxylation sites is 1. The van der Waals surface area contributed by atoms with Crippen LogP contribution in [0.3, 0.4) is 0 Å². The number of carbonyl (C=O) groups excluding carboxylic acids is 18. The first-order chi connectivity index (χ1) is 69.2. The van der Waals surface area contributed by atoms with Gasteiger partial charge in [0, 0.05) is 85.7 Å². The number of primary amides is 1. The molecule has 1 aliphatic rings. The molecule has 53 heteroatoms. The Morgan fingerprint density at radius 2 is 1.03 bits per heavy atom. The molecule has 3 aromatic carbocycles. The Labute approximate surface area is 856 Å². The number of nitrogens with two attached hydrogens (primary N) is 3. The number of imidazole rings is 1. The molecule has 1 aliphatic heterocycles. The van der Waals surface area contributed by atoms with Crippen molar-refractivity contribution in [3.05, 3.63) is 120 Å². The second-order valence-corrected chi connectivity index (χ2v) is 37.3. The SMILES string of the molecule is CC[C@H](C)[C@H](NC(=O)[C@H](CC(C)C)NC(=O)[C@H](CCC(=O)O)NC(=O)CNC(=O)[C@H](CO)NC(=O)[C@H](C)NC(=O)[C@H](C)NC(=O)[C@H](Cc1ccccc1)NC(=O)[C@@H](NC(=O)[C@H](CS)NC(=O)[C@H](CC(N)=O)NC(=O)[C@@H]1CCCN1C(=O)[C@@H](N)CCCNC(=N)N)[C@@H](C)O)C(=O)N[C@@H](Cc1c[nH]c2ccccc12)C(=O)N[C@@H](CS)C(=O)N[C@@H](CCSC)C(=O)N[C@@H](Cc1cnc[nH]1)C(=O)N[C@@H](Cc1ccc(O)cc1)C(=O)O. The third-order valence-corrected chi connectivity index (χ3v) is 24.9. The zero-order valence-electron chi connectivity index (χ0n) is 82.0. The van der Waals surface area contributed by atoms with E-state index in [2.05, 4.69) is 131 Å². The maximum Gasteiger partial charge on any atom is 0.326 e.